The number of thiophene rings is 1. The molecule has 1 saturated heterocycles. The monoisotopic (exact) mass is 361 g/mol. The number of fused-ring (bicyclic) bond motifs is 3. The van der Waals surface area contributed by atoms with E-state index in [1.54, 1.807) is 22.2 Å². The first-order valence-corrected chi connectivity index (χ1v) is 9.92. The van der Waals surface area contributed by atoms with Gasteiger partial charge in [0, 0.05) is 31.0 Å². The third-order valence-electron chi connectivity index (χ3n) is 5.07. The lowest BCUT2D eigenvalue weighted by Crippen LogP contribution is -2.33. The molecule has 1 aliphatic heterocycles. The zero-order valence-electron chi connectivity index (χ0n) is 14.3. The van der Waals surface area contributed by atoms with Crippen LogP contribution in [-0.4, -0.2) is 34.7 Å². The standard InChI is InChI=1S/C18H23N3O3S/c22-15(19-10-12-4-3-9-24-12)7-8-21-11-20-17-16(18(21)23)13-5-1-2-6-14(13)25-17/h11-12H,1-10H2,(H,19,22)/t12-/m1/s1. The minimum atomic E-state index is -0.0464. The number of nitrogens with zero attached hydrogens (tertiary/aromatic N) is 2. The van der Waals surface area contributed by atoms with Crippen LogP contribution in [0.4, 0.5) is 0 Å². The minimum absolute atomic E-state index is 0.00340. The summed E-state index contributed by atoms with van der Waals surface area (Å²) in [4.78, 5) is 31.5. The number of hydrogen-bond donors (Lipinski definition) is 1. The molecule has 0 saturated carbocycles. The van der Waals surface area contributed by atoms with E-state index in [2.05, 4.69) is 10.3 Å². The minimum Gasteiger partial charge on any atom is -0.376 e. The summed E-state index contributed by atoms with van der Waals surface area (Å²) in [7, 11) is 0. The molecule has 0 unspecified atom stereocenters. The van der Waals surface area contributed by atoms with Gasteiger partial charge in [0.1, 0.15) is 4.83 Å². The van der Waals surface area contributed by atoms with Gasteiger partial charge in [0.15, 0.2) is 0 Å². The molecule has 1 aliphatic carbocycles. The maximum Gasteiger partial charge on any atom is 0.262 e. The maximum absolute atomic E-state index is 12.8. The Kier molecular flexibility index (Phi) is 4.85. The largest absolute Gasteiger partial charge is 0.376 e. The zero-order chi connectivity index (χ0) is 17.2. The highest BCUT2D eigenvalue weighted by Crippen LogP contribution is 2.33. The summed E-state index contributed by atoms with van der Waals surface area (Å²) in [6.07, 6.45) is 8.43. The molecule has 0 bridgehead atoms. The number of rotatable bonds is 5. The Bertz CT molecular complexity index is 836. The van der Waals surface area contributed by atoms with E-state index in [-0.39, 0.29) is 24.0 Å². The SMILES string of the molecule is O=C(CCn1cnc2sc3c(c2c1=O)CCCC3)NC[C@H]1CCCO1. The van der Waals surface area contributed by atoms with Crippen molar-refractivity contribution in [3.63, 3.8) is 0 Å². The van der Waals surface area contributed by atoms with Crippen LogP contribution in [0.1, 0.15) is 42.5 Å². The summed E-state index contributed by atoms with van der Waals surface area (Å²) < 4.78 is 7.08. The van der Waals surface area contributed by atoms with Crippen molar-refractivity contribution >= 4 is 27.5 Å². The van der Waals surface area contributed by atoms with Crippen LogP contribution in [0.3, 0.4) is 0 Å². The van der Waals surface area contributed by atoms with Crippen LogP contribution in [0.25, 0.3) is 10.2 Å². The van der Waals surface area contributed by atoms with Crippen LogP contribution in [0.2, 0.25) is 0 Å². The van der Waals surface area contributed by atoms with Gasteiger partial charge in [0.2, 0.25) is 5.91 Å². The molecule has 2 aromatic heterocycles. The fraction of sp³-hybridized carbons (Fsp3) is 0.611. The number of hydrogen-bond acceptors (Lipinski definition) is 5. The molecule has 1 amide bonds. The van der Waals surface area contributed by atoms with Gasteiger partial charge >= 0.3 is 0 Å². The normalized spacial score (nSPS) is 19.9. The summed E-state index contributed by atoms with van der Waals surface area (Å²) in [5.41, 5.74) is 1.19. The molecule has 1 N–H and O–H groups in total. The number of nitrogens with one attached hydrogen (secondary N) is 1. The van der Waals surface area contributed by atoms with E-state index in [9.17, 15) is 9.59 Å². The summed E-state index contributed by atoms with van der Waals surface area (Å²) >= 11 is 1.65. The molecule has 25 heavy (non-hydrogen) atoms. The molecule has 4 rings (SSSR count). The Morgan fingerprint density at radius 1 is 1.36 bits per heavy atom. The molecule has 3 heterocycles. The molecule has 1 fully saturated rings. The van der Waals surface area contributed by atoms with Crippen LogP contribution in [0.15, 0.2) is 11.1 Å². The summed E-state index contributed by atoms with van der Waals surface area (Å²) in [5, 5.41) is 3.68. The number of ether oxygens (including phenoxy) is 1. The third kappa shape index (κ3) is 3.48. The van der Waals surface area contributed by atoms with Crippen molar-refractivity contribution in [1.82, 2.24) is 14.9 Å². The summed E-state index contributed by atoms with van der Waals surface area (Å²) in [6, 6.07) is 0. The Balaban J connectivity index is 1.43. The van der Waals surface area contributed by atoms with Gasteiger partial charge in [-0.3, -0.25) is 14.2 Å². The molecule has 134 valence electrons. The van der Waals surface area contributed by atoms with Crippen LogP contribution in [0.5, 0.6) is 0 Å². The van der Waals surface area contributed by atoms with Crippen molar-refractivity contribution in [3.05, 3.63) is 27.1 Å². The highest BCUT2D eigenvalue weighted by Gasteiger charge is 2.20. The Morgan fingerprint density at radius 2 is 2.24 bits per heavy atom. The van der Waals surface area contributed by atoms with Gasteiger partial charge in [-0.1, -0.05) is 0 Å². The predicted molar refractivity (Wildman–Crippen MR) is 97.1 cm³/mol. The second kappa shape index (κ2) is 7.25. The van der Waals surface area contributed by atoms with Gasteiger partial charge in [0.25, 0.3) is 5.56 Å². The van der Waals surface area contributed by atoms with Crippen molar-refractivity contribution in [2.75, 3.05) is 13.2 Å². The average molecular weight is 361 g/mol. The van der Waals surface area contributed by atoms with Crippen molar-refractivity contribution in [2.45, 2.75) is 57.6 Å². The number of carbonyl (C=O) groups is 1. The summed E-state index contributed by atoms with van der Waals surface area (Å²) in [6.45, 7) is 1.71. The molecule has 2 aromatic rings. The van der Waals surface area contributed by atoms with Crippen molar-refractivity contribution in [1.29, 1.82) is 0 Å². The molecule has 1 atom stereocenters. The van der Waals surface area contributed by atoms with E-state index in [1.807, 2.05) is 0 Å². The van der Waals surface area contributed by atoms with Gasteiger partial charge in [0.05, 0.1) is 17.8 Å². The van der Waals surface area contributed by atoms with E-state index in [0.717, 1.165) is 48.9 Å². The van der Waals surface area contributed by atoms with Crippen molar-refractivity contribution in [3.8, 4) is 0 Å². The maximum atomic E-state index is 12.8. The zero-order valence-corrected chi connectivity index (χ0v) is 15.1. The highest BCUT2D eigenvalue weighted by atomic mass is 32.1. The highest BCUT2D eigenvalue weighted by molar-refractivity contribution is 7.18. The van der Waals surface area contributed by atoms with Crippen LogP contribution < -0.4 is 10.9 Å². The average Bonchev–Trinajstić information content (AvgIpc) is 3.26. The number of aromatic nitrogens is 2. The Hall–Kier alpha value is -1.73. The molecule has 0 spiro atoms. The van der Waals surface area contributed by atoms with Gasteiger partial charge in [-0.15, -0.1) is 11.3 Å². The predicted octanol–water partition coefficient (Wildman–Crippen LogP) is 2.02. The van der Waals surface area contributed by atoms with Gasteiger partial charge < -0.3 is 10.1 Å². The van der Waals surface area contributed by atoms with Crippen molar-refractivity contribution in [2.24, 2.45) is 0 Å². The number of aryl methyl sites for hydroxylation is 3. The summed E-state index contributed by atoms with van der Waals surface area (Å²) in [5.74, 6) is -0.0464. The first-order valence-electron chi connectivity index (χ1n) is 9.10. The smallest absolute Gasteiger partial charge is 0.262 e. The Labute approximate surface area is 150 Å². The quantitative estimate of drug-likeness (QED) is 0.884. The second-order valence-electron chi connectivity index (χ2n) is 6.82. The molecule has 0 radical (unpaired) electrons. The van der Waals surface area contributed by atoms with E-state index in [1.165, 1.54) is 16.9 Å². The lowest BCUT2D eigenvalue weighted by molar-refractivity contribution is -0.121. The van der Waals surface area contributed by atoms with E-state index >= 15 is 0 Å². The van der Waals surface area contributed by atoms with Gasteiger partial charge in [-0.2, -0.15) is 0 Å². The number of amides is 1. The lowest BCUT2D eigenvalue weighted by Gasteiger charge is -2.12. The Morgan fingerprint density at radius 3 is 3.08 bits per heavy atom. The topological polar surface area (TPSA) is 73.2 Å². The molecular weight excluding hydrogens is 338 g/mol. The van der Waals surface area contributed by atoms with E-state index in [0.29, 0.717) is 13.1 Å². The first kappa shape index (κ1) is 16.7. The molecular formula is C18H23N3O3S. The first-order chi connectivity index (χ1) is 12.2. The molecule has 6 nitrogen and oxygen atoms in total. The van der Waals surface area contributed by atoms with Crippen LogP contribution >= 0.6 is 11.3 Å². The fourth-order valence-corrected chi connectivity index (χ4v) is 4.90. The third-order valence-corrected chi connectivity index (χ3v) is 6.27. The number of carbonyl (C=O) groups excluding carboxylic acids is 1. The van der Waals surface area contributed by atoms with E-state index < -0.39 is 0 Å². The fourth-order valence-electron chi connectivity index (χ4n) is 3.68. The van der Waals surface area contributed by atoms with Crippen molar-refractivity contribution < 1.29 is 9.53 Å². The van der Waals surface area contributed by atoms with Crippen LogP contribution in [0, 0.1) is 0 Å². The molecule has 2 aliphatic rings. The van der Waals surface area contributed by atoms with Gasteiger partial charge in [-0.05, 0) is 44.1 Å². The second-order valence-corrected chi connectivity index (χ2v) is 7.91. The van der Waals surface area contributed by atoms with E-state index in [4.69, 9.17) is 4.74 Å². The van der Waals surface area contributed by atoms with Crippen LogP contribution in [-0.2, 0) is 28.9 Å². The lowest BCUT2D eigenvalue weighted by atomic mass is 9.97. The molecule has 7 heteroatoms. The van der Waals surface area contributed by atoms with Gasteiger partial charge in [-0.25, -0.2) is 4.98 Å². The molecule has 0 aromatic carbocycles.